The van der Waals surface area contributed by atoms with E-state index in [0.29, 0.717) is 32.7 Å². The molecule has 1 amide bonds. The highest BCUT2D eigenvalue weighted by Crippen LogP contribution is 2.40. The maximum absolute atomic E-state index is 15.3. The lowest BCUT2D eigenvalue weighted by Crippen LogP contribution is -2.59. The molecule has 2 aromatic rings. The van der Waals surface area contributed by atoms with Crippen LogP contribution in [0.5, 0.6) is 5.88 Å². The zero-order valence-corrected chi connectivity index (χ0v) is 20.2. The molecule has 9 nitrogen and oxygen atoms in total. The van der Waals surface area contributed by atoms with Gasteiger partial charge in [0.25, 0.3) is 5.88 Å². The van der Waals surface area contributed by atoms with E-state index in [0.717, 1.165) is 31.7 Å². The molecule has 2 aliphatic heterocycles. The maximum atomic E-state index is 15.3. The molecule has 3 aliphatic rings. The largest absolute Gasteiger partial charge is 0.471 e. The van der Waals surface area contributed by atoms with Crippen LogP contribution in [-0.4, -0.2) is 59.0 Å². The molecule has 3 fully saturated rings. The molecule has 37 heavy (non-hydrogen) atoms. The summed E-state index contributed by atoms with van der Waals surface area (Å²) in [5.41, 5.74) is -0.359. The summed E-state index contributed by atoms with van der Waals surface area (Å²) in [4.78, 5) is 22.5. The molecule has 2 atom stereocenters. The van der Waals surface area contributed by atoms with Crippen LogP contribution >= 0.6 is 0 Å². The van der Waals surface area contributed by atoms with E-state index in [1.165, 1.54) is 12.1 Å². The van der Waals surface area contributed by atoms with Gasteiger partial charge in [-0.3, -0.25) is 0 Å². The van der Waals surface area contributed by atoms with Gasteiger partial charge in [-0.05, 0) is 37.5 Å². The van der Waals surface area contributed by atoms with Gasteiger partial charge in [-0.25, -0.2) is 14.2 Å². The van der Waals surface area contributed by atoms with E-state index in [2.05, 4.69) is 21.9 Å². The van der Waals surface area contributed by atoms with E-state index in [4.69, 9.17) is 19.5 Å². The molecule has 0 spiro atoms. The van der Waals surface area contributed by atoms with Gasteiger partial charge in [-0.15, -0.1) is 6.58 Å². The molecule has 2 bridgehead atoms. The number of hydrogen-bond acceptors (Lipinski definition) is 8. The van der Waals surface area contributed by atoms with Crippen LogP contribution in [0.4, 0.5) is 25.1 Å². The first-order valence-electron chi connectivity index (χ1n) is 12.2. The number of fused-ring (bicyclic) bond motifs is 2. The normalized spacial score (nSPS) is 23.8. The summed E-state index contributed by atoms with van der Waals surface area (Å²) in [6.45, 7) is 5.16. The van der Waals surface area contributed by atoms with Gasteiger partial charge in [-0.1, -0.05) is 6.08 Å². The number of likely N-dealkylation sites (tertiary alicyclic amines) is 1. The Morgan fingerprint density at radius 1 is 1.30 bits per heavy atom. The van der Waals surface area contributed by atoms with Crippen molar-refractivity contribution in [3.63, 3.8) is 0 Å². The maximum Gasteiger partial charge on any atom is 0.410 e. The second-order valence-electron chi connectivity index (χ2n) is 9.72. The number of hydrogen-bond donors (Lipinski definition) is 1. The molecule has 5 rings (SSSR count). The highest BCUT2D eigenvalue weighted by Gasteiger charge is 2.47. The van der Waals surface area contributed by atoms with E-state index in [9.17, 15) is 9.18 Å². The highest BCUT2D eigenvalue weighted by atomic mass is 19.1. The Morgan fingerprint density at radius 2 is 2.05 bits per heavy atom. The van der Waals surface area contributed by atoms with Crippen molar-refractivity contribution in [3.05, 3.63) is 54.4 Å². The molecule has 1 saturated carbocycles. The van der Waals surface area contributed by atoms with Gasteiger partial charge in [0.1, 0.15) is 23.8 Å². The first-order chi connectivity index (χ1) is 17.9. The fourth-order valence-electron chi connectivity index (χ4n) is 5.14. The first kappa shape index (κ1) is 24.9. The minimum Gasteiger partial charge on any atom is -0.471 e. The van der Waals surface area contributed by atoms with Crippen LogP contribution in [0.2, 0.25) is 0 Å². The Bertz CT molecular complexity index is 1220. The SMILES string of the molecule is C=CCC1(OC(=O)N2CC3COCC(C2)C3Oc2ncnc(Nc3ccc(C#N)cc3F)c2F)CCC1. The molecule has 2 saturated heterocycles. The minimum atomic E-state index is -0.872. The van der Waals surface area contributed by atoms with Crippen LogP contribution in [0.15, 0.2) is 37.2 Å². The number of anilines is 2. The Labute approximate surface area is 213 Å². The molecule has 1 aromatic heterocycles. The average Bonchev–Trinajstić information content (AvgIpc) is 2.85. The first-order valence-corrected chi connectivity index (χ1v) is 12.2. The predicted molar refractivity (Wildman–Crippen MR) is 128 cm³/mol. The van der Waals surface area contributed by atoms with E-state index in [1.54, 1.807) is 11.0 Å². The number of carbonyl (C=O) groups excluding carboxylic acids is 1. The monoisotopic (exact) mass is 511 g/mol. The summed E-state index contributed by atoms with van der Waals surface area (Å²) < 4.78 is 47.2. The van der Waals surface area contributed by atoms with E-state index >= 15 is 4.39 Å². The van der Waals surface area contributed by atoms with Crippen LogP contribution < -0.4 is 10.1 Å². The number of nitrogens with zero attached hydrogens (tertiary/aromatic N) is 4. The van der Waals surface area contributed by atoms with Gasteiger partial charge in [0.05, 0.1) is 30.5 Å². The van der Waals surface area contributed by atoms with Gasteiger partial charge in [0.15, 0.2) is 5.82 Å². The Balaban J connectivity index is 1.28. The van der Waals surface area contributed by atoms with Crippen molar-refractivity contribution in [2.45, 2.75) is 37.4 Å². The zero-order chi connectivity index (χ0) is 26.0. The topological polar surface area (TPSA) is 110 Å². The summed E-state index contributed by atoms with van der Waals surface area (Å²) in [6, 6.07) is 5.62. The van der Waals surface area contributed by atoms with Gasteiger partial charge in [0, 0.05) is 31.3 Å². The van der Waals surface area contributed by atoms with Crippen molar-refractivity contribution in [1.82, 2.24) is 14.9 Å². The molecule has 11 heteroatoms. The number of rotatable bonds is 7. The van der Waals surface area contributed by atoms with Crippen molar-refractivity contribution in [3.8, 4) is 11.9 Å². The number of nitriles is 1. The van der Waals surface area contributed by atoms with E-state index < -0.39 is 23.3 Å². The number of amides is 1. The highest BCUT2D eigenvalue weighted by molar-refractivity contribution is 5.68. The van der Waals surface area contributed by atoms with Crippen molar-refractivity contribution in [2.75, 3.05) is 31.6 Å². The second-order valence-corrected chi connectivity index (χ2v) is 9.72. The van der Waals surface area contributed by atoms with Gasteiger partial charge in [0.2, 0.25) is 5.82 Å². The average molecular weight is 512 g/mol. The number of piperidine rings is 1. The van der Waals surface area contributed by atoms with Gasteiger partial charge >= 0.3 is 6.09 Å². The summed E-state index contributed by atoms with van der Waals surface area (Å²) in [7, 11) is 0. The Kier molecular flexibility index (Phi) is 6.93. The fraction of sp³-hybridized carbons (Fsp3) is 0.462. The summed E-state index contributed by atoms with van der Waals surface area (Å²) in [5, 5.41) is 11.5. The number of aromatic nitrogens is 2. The number of carbonyl (C=O) groups is 1. The van der Waals surface area contributed by atoms with Gasteiger partial charge < -0.3 is 24.4 Å². The van der Waals surface area contributed by atoms with Crippen LogP contribution in [0, 0.1) is 34.8 Å². The second kappa shape index (κ2) is 10.3. The third-order valence-electron chi connectivity index (χ3n) is 7.20. The smallest absolute Gasteiger partial charge is 0.410 e. The van der Waals surface area contributed by atoms with Crippen molar-refractivity contribution < 1.29 is 27.8 Å². The minimum absolute atomic E-state index is 0.0414. The summed E-state index contributed by atoms with van der Waals surface area (Å²) in [6.07, 6.45) is 5.42. The Hall–Kier alpha value is -3.78. The quantitative estimate of drug-likeness (QED) is 0.547. The van der Waals surface area contributed by atoms with Gasteiger partial charge in [-0.2, -0.15) is 14.6 Å². The van der Waals surface area contributed by atoms with Crippen molar-refractivity contribution in [1.29, 1.82) is 5.26 Å². The van der Waals surface area contributed by atoms with Crippen LogP contribution in [0.1, 0.15) is 31.2 Å². The molecule has 2 unspecified atom stereocenters. The molecule has 1 aliphatic carbocycles. The fourth-order valence-corrected chi connectivity index (χ4v) is 5.14. The molecule has 194 valence electrons. The number of benzene rings is 1. The molecule has 1 N–H and O–H groups in total. The van der Waals surface area contributed by atoms with E-state index in [-0.39, 0.29) is 40.9 Å². The molecule has 0 radical (unpaired) electrons. The lowest BCUT2D eigenvalue weighted by atomic mass is 9.77. The molecule has 3 heterocycles. The number of halogens is 2. The third-order valence-corrected chi connectivity index (χ3v) is 7.20. The van der Waals surface area contributed by atoms with E-state index in [1.807, 2.05) is 6.07 Å². The number of ether oxygens (including phenoxy) is 3. The summed E-state index contributed by atoms with van der Waals surface area (Å²) >= 11 is 0. The summed E-state index contributed by atoms with van der Waals surface area (Å²) in [5.74, 6) is -2.55. The lowest BCUT2D eigenvalue weighted by Gasteiger charge is -2.47. The third kappa shape index (κ3) is 5.06. The molecular weight excluding hydrogens is 484 g/mol. The van der Waals surface area contributed by atoms with Crippen molar-refractivity contribution in [2.24, 2.45) is 11.8 Å². The van der Waals surface area contributed by atoms with Crippen molar-refractivity contribution >= 4 is 17.6 Å². The van der Waals surface area contributed by atoms with Crippen LogP contribution in [0.25, 0.3) is 0 Å². The predicted octanol–water partition coefficient (Wildman–Crippen LogP) is 4.33. The Morgan fingerprint density at radius 3 is 2.68 bits per heavy atom. The van der Waals surface area contributed by atoms with Crippen LogP contribution in [0.3, 0.4) is 0 Å². The van der Waals surface area contributed by atoms with Crippen LogP contribution in [-0.2, 0) is 9.47 Å². The molecular formula is C26H27F2N5O4. The number of nitrogens with one attached hydrogen (secondary N) is 1. The standard InChI is InChI=1S/C26H27F2N5O4/c1-2-6-26(7-3-8-26)37-25(34)33-11-17-13-35-14-18(12-33)22(17)36-24-21(28)23(30-15-31-24)32-20-5-4-16(10-29)9-19(20)27/h2,4-5,9,15,17-18,22H,1,3,6-8,11-14H2,(H,30,31,32). The molecule has 1 aromatic carbocycles. The lowest BCUT2D eigenvalue weighted by molar-refractivity contribution is -0.121. The zero-order valence-electron chi connectivity index (χ0n) is 20.2.